The van der Waals surface area contributed by atoms with Crippen molar-refractivity contribution >= 4 is 33.3 Å². The summed E-state index contributed by atoms with van der Waals surface area (Å²) < 4.78 is 5.18. The van der Waals surface area contributed by atoms with Gasteiger partial charge in [0.15, 0.2) is 0 Å². The van der Waals surface area contributed by atoms with Gasteiger partial charge < -0.3 is 9.72 Å². The van der Waals surface area contributed by atoms with Crippen molar-refractivity contribution in [2.24, 2.45) is 0 Å². The van der Waals surface area contributed by atoms with Crippen molar-refractivity contribution in [1.29, 1.82) is 0 Å². The second-order valence-corrected chi connectivity index (χ2v) is 6.32. The number of rotatable bonds is 4. The highest BCUT2D eigenvalue weighted by Gasteiger charge is 2.27. The molecule has 2 N–H and O–H groups in total. The zero-order chi connectivity index (χ0) is 15.1. The second-order valence-electron chi connectivity index (χ2n) is 5.31. The molecule has 1 amide bonds. The first kappa shape index (κ1) is 13.3. The maximum atomic E-state index is 12.3. The molecule has 0 atom stereocenters. The standard InChI is InChI=1S/C15H14N4O2S/c1-21-10-5-4-9-6-12(16-11(9)7-10)13(20)17-15-19-18-14(22-15)8-2-3-8/h4-8,16H,2-3H2,1H3,(H,17,19,20). The Labute approximate surface area is 130 Å². The monoisotopic (exact) mass is 314 g/mol. The van der Waals surface area contributed by atoms with E-state index >= 15 is 0 Å². The Morgan fingerprint density at radius 1 is 1.36 bits per heavy atom. The van der Waals surface area contributed by atoms with Gasteiger partial charge in [-0.1, -0.05) is 11.3 Å². The van der Waals surface area contributed by atoms with E-state index in [1.165, 1.54) is 24.2 Å². The summed E-state index contributed by atoms with van der Waals surface area (Å²) in [4.78, 5) is 15.4. The average molecular weight is 314 g/mol. The smallest absolute Gasteiger partial charge is 0.273 e. The van der Waals surface area contributed by atoms with Crippen LogP contribution in [0.3, 0.4) is 0 Å². The lowest BCUT2D eigenvalue weighted by Crippen LogP contribution is -2.11. The topological polar surface area (TPSA) is 79.9 Å². The number of ether oxygens (including phenoxy) is 1. The highest BCUT2D eigenvalue weighted by Crippen LogP contribution is 2.42. The number of nitrogens with zero attached hydrogens (tertiary/aromatic N) is 2. The molecular formula is C15H14N4O2S. The van der Waals surface area contributed by atoms with E-state index in [0.29, 0.717) is 16.7 Å². The third-order valence-corrected chi connectivity index (χ3v) is 4.66. The summed E-state index contributed by atoms with van der Waals surface area (Å²) in [5.74, 6) is 1.08. The Kier molecular flexibility index (Phi) is 3.07. The number of hydrogen-bond acceptors (Lipinski definition) is 5. The number of carbonyl (C=O) groups excluding carboxylic acids is 1. The predicted molar refractivity (Wildman–Crippen MR) is 84.7 cm³/mol. The normalized spacial score (nSPS) is 14.2. The van der Waals surface area contributed by atoms with Crippen molar-refractivity contribution < 1.29 is 9.53 Å². The van der Waals surface area contributed by atoms with Crippen LogP contribution >= 0.6 is 11.3 Å². The number of nitrogens with one attached hydrogen (secondary N) is 2. The minimum atomic E-state index is -0.214. The predicted octanol–water partition coefficient (Wildman–Crippen LogP) is 3.16. The van der Waals surface area contributed by atoms with Gasteiger partial charge in [0, 0.05) is 22.9 Å². The van der Waals surface area contributed by atoms with Crippen LogP contribution in [0.15, 0.2) is 24.3 Å². The van der Waals surface area contributed by atoms with Crippen molar-refractivity contribution in [1.82, 2.24) is 15.2 Å². The number of aromatic amines is 1. The fourth-order valence-electron chi connectivity index (χ4n) is 2.30. The quantitative estimate of drug-likeness (QED) is 0.775. The van der Waals surface area contributed by atoms with Crippen LogP contribution in [0.25, 0.3) is 10.9 Å². The van der Waals surface area contributed by atoms with Crippen molar-refractivity contribution in [3.63, 3.8) is 0 Å². The lowest BCUT2D eigenvalue weighted by molar-refractivity contribution is 0.102. The third kappa shape index (κ3) is 2.43. The molecular weight excluding hydrogens is 300 g/mol. The number of fused-ring (bicyclic) bond motifs is 1. The van der Waals surface area contributed by atoms with Gasteiger partial charge >= 0.3 is 0 Å². The summed E-state index contributed by atoms with van der Waals surface area (Å²) in [6, 6.07) is 7.46. The van der Waals surface area contributed by atoms with Crippen LogP contribution in [-0.2, 0) is 0 Å². The second kappa shape index (κ2) is 5.10. The molecule has 0 unspecified atom stereocenters. The Bertz CT molecular complexity index is 850. The van der Waals surface area contributed by atoms with E-state index in [1.54, 1.807) is 7.11 Å². The Balaban J connectivity index is 1.55. The van der Waals surface area contributed by atoms with Crippen LogP contribution in [0, 0.1) is 0 Å². The molecule has 0 bridgehead atoms. The van der Waals surface area contributed by atoms with Gasteiger partial charge in [-0.25, -0.2) is 0 Å². The van der Waals surface area contributed by atoms with Gasteiger partial charge in [-0.05, 0) is 31.0 Å². The van der Waals surface area contributed by atoms with Crippen molar-refractivity contribution in [2.75, 3.05) is 12.4 Å². The van der Waals surface area contributed by atoms with E-state index < -0.39 is 0 Å². The molecule has 0 aliphatic heterocycles. The summed E-state index contributed by atoms with van der Waals surface area (Å²) in [5.41, 5.74) is 1.35. The molecule has 2 heterocycles. The molecule has 7 heteroatoms. The van der Waals surface area contributed by atoms with E-state index in [2.05, 4.69) is 20.5 Å². The number of methoxy groups -OCH3 is 1. The molecule has 0 saturated heterocycles. The molecule has 1 aliphatic carbocycles. The van der Waals surface area contributed by atoms with Crippen molar-refractivity contribution in [3.05, 3.63) is 35.0 Å². The minimum absolute atomic E-state index is 0.214. The first-order valence-electron chi connectivity index (χ1n) is 7.04. The third-order valence-electron chi connectivity index (χ3n) is 3.66. The lowest BCUT2D eigenvalue weighted by Gasteiger charge is -1.98. The highest BCUT2D eigenvalue weighted by atomic mass is 32.1. The van der Waals surface area contributed by atoms with E-state index in [0.717, 1.165) is 21.7 Å². The molecule has 112 valence electrons. The zero-order valence-corrected chi connectivity index (χ0v) is 12.7. The lowest BCUT2D eigenvalue weighted by atomic mass is 10.2. The van der Waals surface area contributed by atoms with E-state index in [1.807, 2.05) is 24.3 Å². The molecule has 4 rings (SSSR count). The van der Waals surface area contributed by atoms with E-state index in [4.69, 9.17) is 4.74 Å². The number of aromatic nitrogens is 3. The molecule has 0 radical (unpaired) electrons. The largest absolute Gasteiger partial charge is 0.497 e. The number of anilines is 1. The van der Waals surface area contributed by atoms with Gasteiger partial charge in [0.25, 0.3) is 5.91 Å². The molecule has 3 aromatic rings. The summed E-state index contributed by atoms with van der Waals surface area (Å²) in [5, 5.41) is 13.5. The number of hydrogen-bond donors (Lipinski definition) is 2. The van der Waals surface area contributed by atoms with Crippen LogP contribution in [-0.4, -0.2) is 28.2 Å². The summed E-state index contributed by atoms with van der Waals surface area (Å²) in [6.45, 7) is 0. The van der Waals surface area contributed by atoms with Gasteiger partial charge in [0.2, 0.25) is 5.13 Å². The number of carbonyl (C=O) groups is 1. The molecule has 0 spiro atoms. The number of amides is 1. The van der Waals surface area contributed by atoms with Gasteiger partial charge in [-0.15, -0.1) is 10.2 Å². The number of benzene rings is 1. The first-order chi connectivity index (χ1) is 10.7. The zero-order valence-electron chi connectivity index (χ0n) is 11.9. The molecule has 1 fully saturated rings. The Hall–Kier alpha value is -2.41. The van der Waals surface area contributed by atoms with Crippen LogP contribution in [0.5, 0.6) is 5.75 Å². The average Bonchev–Trinajstić information content (AvgIpc) is 3.12. The minimum Gasteiger partial charge on any atom is -0.497 e. The fraction of sp³-hybridized carbons (Fsp3) is 0.267. The van der Waals surface area contributed by atoms with Gasteiger partial charge in [0.1, 0.15) is 16.5 Å². The summed E-state index contributed by atoms with van der Waals surface area (Å²) in [6.07, 6.45) is 2.35. The van der Waals surface area contributed by atoms with Crippen LogP contribution in [0.1, 0.15) is 34.3 Å². The SMILES string of the molecule is COc1ccc2cc(C(=O)Nc3nnc(C4CC4)s3)[nH]c2c1. The van der Waals surface area contributed by atoms with Crippen LogP contribution in [0.2, 0.25) is 0 Å². The molecule has 2 aromatic heterocycles. The maximum Gasteiger partial charge on any atom is 0.273 e. The molecule has 1 saturated carbocycles. The molecule has 1 aliphatic rings. The maximum absolute atomic E-state index is 12.3. The Morgan fingerprint density at radius 2 is 2.23 bits per heavy atom. The summed E-state index contributed by atoms with van der Waals surface area (Å²) >= 11 is 1.45. The highest BCUT2D eigenvalue weighted by molar-refractivity contribution is 7.15. The van der Waals surface area contributed by atoms with Gasteiger partial charge in [0.05, 0.1) is 7.11 Å². The van der Waals surface area contributed by atoms with E-state index in [-0.39, 0.29) is 5.91 Å². The Morgan fingerprint density at radius 3 is 3.00 bits per heavy atom. The van der Waals surface area contributed by atoms with Crippen LogP contribution < -0.4 is 10.1 Å². The van der Waals surface area contributed by atoms with Crippen molar-refractivity contribution in [2.45, 2.75) is 18.8 Å². The van der Waals surface area contributed by atoms with Crippen molar-refractivity contribution in [3.8, 4) is 5.75 Å². The van der Waals surface area contributed by atoms with Crippen LogP contribution in [0.4, 0.5) is 5.13 Å². The fourth-order valence-corrected chi connectivity index (χ4v) is 3.21. The first-order valence-corrected chi connectivity index (χ1v) is 7.86. The van der Waals surface area contributed by atoms with Gasteiger partial charge in [-0.3, -0.25) is 10.1 Å². The molecule has 22 heavy (non-hydrogen) atoms. The van der Waals surface area contributed by atoms with Gasteiger partial charge in [-0.2, -0.15) is 0 Å². The molecule has 1 aromatic carbocycles. The molecule has 6 nitrogen and oxygen atoms in total. The van der Waals surface area contributed by atoms with E-state index in [9.17, 15) is 4.79 Å². The number of H-pyrrole nitrogens is 1. The summed E-state index contributed by atoms with van der Waals surface area (Å²) in [7, 11) is 1.62.